The van der Waals surface area contributed by atoms with Gasteiger partial charge in [0.15, 0.2) is 6.10 Å². The molecule has 0 heterocycles. The molecule has 0 bridgehead atoms. The first-order valence-corrected chi connectivity index (χ1v) is 14.4. The third-order valence-electron chi connectivity index (χ3n) is 4.12. The van der Waals surface area contributed by atoms with E-state index in [0.717, 1.165) is 24.3 Å². The number of halogens is 1. The number of esters is 2. The lowest BCUT2D eigenvalue weighted by atomic mass is 10.2. The minimum absolute atomic E-state index is 0.0999. The molecule has 1 aromatic carbocycles. The Morgan fingerprint density at radius 2 is 1.42 bits per heavy atom. The van der Waals surface area contributed by atoms with Gasteiger partial charge in [-0.15, -0.1) is 0 Å². The summed E-state index contributed by atoms with van der Waals surface area (Å²) in [4.78, 5) is 35.8. The number of hydrogen-bond acceptors (Lipinski definition) is 10. The zero-order valence-electron chi connectivity index (χ0n) is 21.0. The summed E-state index contributed by atoms with van der Waals surface area (Å²) in [7, 11) is -9.43. The highest BCUT2D eigenvalue weighted by atomic mass is 31.2. The molecule has 1 unspecified atom stereocenters. The first kappa shape index (κ1) is 32.3. The largest absolute Gasteiger partial charge is 0.461 e. The number of ether oxygens (including phenoxy) is 2. The lowest BCUT2D eigenvalue weighted by Gasteiger charge is -2.30. The van der Waals surface area contributed by atoms with Gasteiger partial charge in [-0.2, -0.15) is 0 Å². The molecule has 0 aliphatic heterocycles. The van der Waals surface area contributed by atoms with Crippen molar-refractivity contribution in [3.8, 4) is 0 Å². The zero-order chi connectivity index (χ0) is 27.7. The third kappa shape index (κ3) is 9.99. The third-order valence-corrected chi connectivity index (χ3v) is 7.70. The molecule has 4 atom stereocenters. The Morgan fingerprint density at radius 3 is 1.86 bits per heavy atom. The summed E-state index contributed by atoms with van der Waals surface area (Å²) >= 11 is 0. The number of hydrogen-bond donors (Lipinski definition) is 3. The SMILES string of the molecule is CCOP(=O)(N[C@@H](c1ccc(F)cc1)P(=O)(O)O[C@@H](C(=O)OC(C)C)[C@@H](O)C(=O)OC(C)C)OCC. The van der Waals surface area contributed by atoms with Crippen LogP contribution in [0, 0.1) is 5.82 Å². The van der Waals surface area contributed by atoms with Crippen LogP contribution in [0.15, 0.2) is 24.3 Å². The van der Waals surface area contributed by atoms with Crippen molar-refractivity contribution in [1.82, 2.24) is 5.09 Å². The van der Waals surface area contributed by atoms with E-state index in [9.17, 15) is 33.1 Å². The second-order valence-corrected chi connectivity index (χ2v) is 11.5. The van der Waals surface area contributed by atoms with E-state index < -0.39 is 63.3 Å². The first-order valence-electron chi connectivity index (χ1n) is 11.2. The van der Waals surface area contributed by atoms with Gasteiger partial charge in [-0.25, -0.2) is 23.6 Å². The Balaban J connectivity index is 3.50. The van der Waals surface area contributed by atoms with E-state index in [2.05, 4.69) is 5.09 Å². The van der Waals surface area contributed by atoms with Crippen LogP contribution in [-0.4, -0.2) is 59.6 Å². The van der Waals surface area contributed by atoms with Gasteiger partial charge < -0.3 is 19.5 Å². The number of benzene rings is 1. The summed E-state index contributed by atoms with van der Waals surface area (Å²) in [5, 5.41) is 12.8. The molecule has 15 heteroatoms. The van der Waals surface area contributed by atoms with Crippen LogP contribution >= 0.6 is 15.3 Å². The molecule has 0 saturated carbocycles. The molecule has 0 radical (unpaired) electrons. The molecule has 0 aliphatic carbocycles. The van der Waals surface area contributed by atoms with Gasteiger partial charge in [0, 0.05) is 0 Å². The van der Waals surface area contributed by atoms with Gasteiger partial charge in [-0.1, -0.05) is 12.1 Å². The molecule has 206 valence electrons. The van der Waals surface area contributed by atoms with Crippen LogP contribution in [0.2, 0.25) is 0 Å². The molecule has 0 aliphatic rings. The number of carbonyl (C=O) groups is 2. The average molecular weight is 557 g/mol. The van der Waals surface area contributed by atoms with Crippen LogP contribution in [0.4, 0.5) is 4.39 Å². The quantitative estimate of drug-likeness (QED) is 0.213. The van der Waals surface area contributed by atoms with Gasteiger partial charge in [0.05, 0.1) is 25.4 Å². The second-order valence-electron chi connectivity index (χ2n) is 7.92. The summed E-state index contributed by atoms with van der Waals surface area (Å²) in [6.45, 7) is 8.69. The minimum atomic E-state index is -5.20. The number of aliphatic hydroxyl groups excluding tert-OH is 1. The predicted octanol–water partition coefficient (Wildman–Crippen LogP) is 3.43. The van der Waals surface area contributed by atoms with Crippen LogP contribution in [0.1, 0.15) is 52.9 Å². The fraction of sp³-hybridized carbons (Fsp3) is 0.619. The number of rotatable bonds is 15. The van der Waals surface area contributed by atoms with Crippen molar-refractivity contribution in [3.05, 3.63) is 35.6 Å². The van der Waals surface area contributed by atoms with Gasteiger partial charge in [0.2, 0.25) is 6.10 Å². The first-order chi connectivity index (χ1) is 16.7. The van der Waals surface area contributed by atoms with Gasteiger partial charge in [0.25, 0.3) is 0 Å². The predicted molar refractivity (Wildman–Crippen MR) is 126 cm³/mol. The zero-order valence-corrected chi connectivity index (χ0v) is 22.7. The monoisotopic (exact) mass is 557 g/mol. The number of nitrogens with one attached hydrogen (secondary N) is 1. The smallest absolute Gasteiger partial charge is 0.406 e. The Labute approximate surface area is 209 Å². The van der Waals surface area contributed by atoms with Crippen molar-refractivity contribution in [2.75, 3.05) is 13.2 Å². The molecule has 0 amide bonds. The van der Waals surface area contributed by atoms with E-state index in [0.29, 0.717) is 0 Å². The van der Waals surface area contributed by atoms with Crippen LogP contribution in [0.5, 0.6) is 0 Å². The van der Waals surface area contributed by atoms with Crippen molar-refractivity contribution >= 4 is 27.3 Å². The number of carbonyl (C=O) groups excluding carboxylic acids is 2. The molecule has 1 aromatic rings. The van der Waals surface area contributed by atoms with Gasteiger partial charge >= 0.3 is 27.3 Å². The maximum absolute atomic E-state index is 13.5. The molecule has 1 rings (SSSR count). The van der Waals surface area contributed by atoms with E-state index >= 15 is 0 Å². The Morgan fingerprint density at radius 1 is 0.944 bits per heavy atom. The molecule has 3 N–H and O–H groups in total. The van der Waals surface area contributed by atoms with E-state index in [-0.39, 0.29) is 18.8 Å². The molecule has 12 nitrogen and oxygen atoms in total. The molecular weight excluding hydrogens is 523 g/mol. The molecule has 0 aromatic heterocycles. The van der Waals surface area contributed by atoms with Gasteiger partial charge in [-0.3, -0.25) is 18.1 Å². The summed E-state index contributed by atoms with van der Waals surface area (Å²) in [6, 6.07) is 4.14. The highest BCUT2D eigenvalue weighted by Gasteiger charge is 2.47. The highest BCUT2D eigenvalue weighted by molar-refractivity contribution is 7.56. The summed E-state index contributed by atoms with van der Waals surface area (Å²) < 4.78 is 65.3. The van der Waals surface area contributed by atoms with Crippen LogP contribution in [0.25, 0.3) is 0 Å². The maximum Gasteiger partial charge on any atom is 0.406 e. The second kappa shape index (κ2) is 14.3. The van der Waals surface area contributed by atoms with Crippen molar-refractivity contribution in [2.24, 2.45) is 0 Å². The maximum atomic E-state index is 13.5. The van der Waals surface area contributed by atoms with Crippen LogP contribution in [0.3, 0.4) is 0 Å². The normalized spacial score (nSPS) is 16.3. The van der Waals surface area contributed by atoms with Crippen LogP contribution in [-0.2, 0) is 41.8 Å². The lowest BCUT2D eigenvalue weighted by molar-refractivity contribution is -0.175. The Kier molecular flexibility index (Phi) is 12.8. The summed E-state index contributed by atoms with van der Waals surface area (Å²) in [6.07, 6.45) is -6.08. The Bertz CT molecular complexity index is 948. The standard InChI is InChI=1S/C21H34FNO11P2/c1-7-30-36(29,31-8-2)23-19(15-9-11-16(22)12-10-15)35(27,28)34-18(21(26)33-14(5)6)17(24)20(25)32-13(3)4/h9-14,17-19,24H,7-8H2,1-6H3,(H,23,29)(H,27,28)/t17-,18-,19-/m1/s1. The topological polar surface area (TPSA) is 167 Å². The molecule has 36 heavy (non-hydrogen) atoms. The highest BCUT2D eigenvalue weighted by Crippen LogP contribution is 2.61. The fourth-order valence-corrected chi connectivity index (χ4v) is 6.32. The summed E-state index contributed by atoms with van der Waals surface area (Å²) in [5.74, 6) is -5.22. The van der Waals surface area contributed by atoms with E-state index in [1.807, 2.05) is 0 Å². The lowest BCUT2D eigenvalue weighted by Crippen LogP contribution is -2.44. The minimum Gasteiger partial charge on any atom is -0.461 e. The van der Waals surface area contributed by atoms with Gasteiger partial charge in [-0.05, 0) is 59.2 Å². The molecule has 0 spiro atoms. The number of aliphatic hydroxyl groups is 1. The van der Waals surface area contributed by atoms with Gasteiger partial charge in [0.1, 0.15) is 11.6 Å². The average Bonchev–Trinajstić information content (AvgIpc) is 2.75. The van der Waals surface area contributed by atoms with E-state index in [4.69, 9.17) is 23.0 Å². The molecule has 0 fully saturated rings. The van der Waals surface area contributed by atoms with Crippen LogP contribution < -0.4 is 5.09 Å². The van der Waals surface area contributed by atoms with E-state index in [1.54, 1.807) is 0 Å². The molecule has 0 saturated heterocycles. The fourth-order valence-electron chi connectivity index (χ4n) is 2.76. The van der Waals surface area contributed by atoms with E-state index in [1.165, 1.54) is 41.5 Å². The van der Waals surface area contributed by atoms with Crippen molar-refractivity contribution in [1.29, 1.82) is 0 Å². The Hall–Kier alpha value is -1.69. The van der Waals surface area contributed by atoms with Crippen molar-refractivity contribution < 1.29 is 56.2 Å². The molecular formula is C21H34FNO11P2. The van der Waals surface area contributed by atoms with Crippen molar-refractivity contribution in [2.45, 2.75) is 71.7 Å². The summed E-state index contributed by atoms with van der Waals surface area (Å²) in [5.41, 5.74) is -0.0999. The van der Waals surface area contributed by atoms with Crippen molar-refractivity contribution in [3.63, 3.8) is 0 Å².